The smallest absolute Gasteiger partial charge is 0.244 e. The number of benzene rings is 2. The average molecular weight is 450 g/mol. The maximum atomic E-state index is 12.7. The molecule has 2 aromatic carbocycles. The van der Waals surface area contributed by atoms with E-state index in [1.54, 1.807) is 61.6 Å². The van der Waals surface area contributed by atoms with Crippen molar-refractivity contribution in [1.82, 2.24) is 9.21 Å². The number of piperidine rings is 1. The Morgan fingerprint density at radius 2 is 1.67 bits per heavy atom. The van der Waals surface area contributed by atoms with E-state index in [9.17, 15) is 18.0 Å². The first-order valence-corrected chi connectivity index (χ1v) is 11.5. The molecule has 0 spiro atoms. The Bertz CT molecular complexity index is 1010. The van der Waals surface area contributed by atoms with Crippen LogP contribution in [-0.4, -0.2) is 56.1 Å². The minimum atomic E-state index is -3.56. The molecule has 0 aromatic heterocycles. The van der Waals surface area contributed by atoms with Gasteiger partial charge in [-0.2, -0.15) is 4.31 Å². The summed E-state index contributed by atoms with van der Waals surface area (Å²) in [5, 5.41) is 3.11. The lowest BCUT2D eigenvalue weighted by Crippen LogP contribution is -2.45. The number of halogens is 1. The van der Waals surface area contributed by atoms with E-state index in [1.807, 2.05) is 0 Å². The second-order valence-electron chi connectivity index (χ2n) is 7.21. The van der Waals surface area contributed by atoms with E-state index in [4.69, 9.17) is 11.6 Å². The van der Waals surface area contributed by atoms with Crippen LogP contribution in [0, 0.1) is 5.92 Å². The number of anilines is 1. The van der Waals surface area contributed by atoms with Crippen LogP contribution in [0.4, 0.5) is 5.69 Å². The van der Waals surface area contributed by atoms with Crippen LogP contribution in [0.25, 0.3) is 0 Å². The molecule has 1 aliphatic rings. The molecule has 0 atom stereocenters. The lowest BCUT2D eigenvalue weighted by Gasteiger charge is -2.32. The zero-order valence-corrected chi connectivity index (χ0v) is 18.2. The van der Waals surface area contributed by atoms with Crippen LogP contribution in [0.1, 0.15) is 12.8 Å². The van der Waals surface area contributed by atoms with Gasteiger partial charge in [0.05, 0.1) is 22.2 Å². The van der Waals surface area contributed by atoms with E-state index < -0.39 is 10.0 Å². The third-order valence-corrected chi connectivity index (χ3v) is 7.33. The standard InChI is InChI=1S/C21H24ClN3O4S/c1-24(15-20(26)23-19-10-6-5-9-18(19)22)21(27)16-11-13-25(14-12-16)30(28,29)17-7-3-2-4-8-17/h2-10,16H,11-15H2,1H3,(H,23,26). The first-order valence-electron chi connectivity index (χ1n) is 9.63. The van der Waals surface area contributed by atoms with Gasteiger partial charge >= 0.3 is 0 Å². The zero-order valence-electron chi connectivity index (χ0n) is 16.6. The number of hydrogen-bond donors (Lipinski definition) is 1. The molecule has 3 rings (SSSR count). The van der Waals surface area contributed by atoms with Gasteiger partial charge in [0, 0.05) is 26.1 Å². The maximum absolute atomic E-state index is 12.7. The van der Waals surface area contributed by atoms with Crippen molar-refractivity contribution in [3.05, 3.63) is 59.6 Å². The molecule has 0 bridgehead atoms. The molecule has 1 N–H and O–H groups in total. The van der Waals surface area contributed by atoms with Crippen molar-refractivity contribution < 1.29 is 18.0 Å². The summed E-state index contributed by atoms with van der Waals surface area (Å²) in [6.07, 6.45) is 0.836. The van der Waals surface area contributed by atoms with E-state index in [0.717, 1.165) is 0 Å². The fourth-order valence-electron chi connectivity index (χ4n) is 3.44. The Balaban J connectivity index is 1.53. The van der Waals surface area contributed by atoms with Crippen molar-refractivity contribution in [2.24, 2.45) is 5.92 Å². The van der Waals surface area contributed by atoms with Gasteiger partial charge in [0.15, 0.2) is 0 Å². The lowest BCUT2D eigenvalue weighted by atomic mass is 9.96. The molecular weight excluding hydrogens is 426 g/mol. The summed E-state index contributed by atoms with van der Waals surface area (Å²) in [5.74, 6) is -0.825. The van der Waals surface area contributed by atoms with Gasteiger partial charge in [-0.05, 0) is 37.1 Å². The van der Waals surface area contributed by atoms with E-state index in [1.165, 1.54) is 9.21 Å². The number of sulfonamides is 1. The summed E-state index contributed by atoms with van der Waals surface area (Å²) in [6, 6.07) is 15.1. The predicted molar refractivity (Wildman–Crippen MR) is 116 cm³/mol. The Morgan fingerprint density at radius 3 is 2.30 bits per heavy atom. The molecule has 0 aliphatic carbocycles. The van der Waals surface area contributed by atoms with Gasteiger partial charge < -0.3 is 10.2 Å². The quantitative estimate of drug-likeness (QED) is 0.734. The molecule has 0 unspecified atom stereocenters. The number of amides is 2. The maximum Gasteiger partial charge on any atom is 0.244 e. The Kier molecular flexibility index (Phi) is 7.12. The van der Waals surface area contributed by atoms with Gasteiger partial charge in [-0.25, -0.2) is 8.42 Å². The van der Waals surface area contributed by atoms with Crippen molar-refractivity contribution in [3.63, 3.8) is 0 Å². The molecule has 9 heteroatoms. The first-order chi connectivity index (χ1) is 14.3. The molecule has 160 valence electrons. The van der Waals surface area contributed by atoms with Crippen LogP contribution in [0.2, 0.25) is 5.02 Å². The van der Waals surface area contributed by atoms with Gasteiger partial charge in [-0.3, -0.25) is 9.59 Å². The molecule has 1 aliphatic heterocycles. The van der Waals surface area contributed by atoms with E-state index >= 15 is 0 Å². The second-order valence-corrected chi connectivity index (χ2v) is 9.56. The fourth-order valence-corrected chi connectivity index (χ4v) is 5.12. The number of nitrogens with zero attached hydrogens (tertiary/aromatic N) is 2. The molecule has 0 radical (unpaired) electrons. The van der Waals surface area contributed by atoms with Crippen LogP contribution >= 0.6 is 11.6 Å². The van der Waals surface area contributed by atoms with Crippen molar-refractivity contribution in [3.8, 4) is 0 Å². The normalized spacial score (nSPS) is 15.5. The van der Waals surface area contributed by atoms with Crippen LogP contribution in [0.15, 0.2) is 59.5 Å². The minimum absolute atomic E-state index is 0.105. The summed E-state index contributed by atoms with van der Waals surface area (Å²) >= 11 is 6.03. The molecule has 1 saturated heterocycles. The SMILES string of the molecule is CN(CC(=O)Nc1ccccc1Cl)C(=O)C1CCN(S(=O)(=O)c2ccccc2)CC1. The summed E-state index contributed by atoms with van der Waals surface area (Å²) < 4.78 is 26.8. The highest BCUT2D eigenvalue weighted by Crippen LogP contribution is 2.25. The number of para-hydroxylation sites is 1. The first kappa shape index (κ1) is 22.3. The van der Waals surface area contributed by atoms with Crippen LogP contribution in [0.3, 0.4) is 0 Å². The lowest BCUT2D eigenvalue weighted by molar-refractivity contribution is -0.138. The fraction of sp³-hybridized carbons (Fsp3) is 0.333. The monoisotopic (exact) mass is 449 g/mol. The molecule has 1 heterocycles. The number of nitrogens with one attached hydrogen (secondary N) is 1. The largest absolute Gasteiger partial charge is 0.336 e. The van der Waals surface area contributed by atoms with Crippen molar-refractivity contribution in [2.45, 2.75) is 17.7 Å². The second kappa shape index (κ2) is 9.59. The van der Waals surface area contributed by atoms with E-state index in [-0.39, 0.29) is 42.3 Å². The highest BCUT2D eigenvalue weighted by atomic mass is 35.5. The van der Waals surface area contributed by atoms with Gasteiger partial charge in [0.25, 0.3) is 0 Å². The van der Waals surface area contributed by atoms with Gasteiger partial charge in [0.1, 0.15) is 0 Å². The number of carbonyl (C=O) groups is 2. The molecule has 2 aromatic rings. The van der Waals surface area contributed by atoms with Crippen LogP contribution < -0.4 is 5.32 Å². The van der Waals surface area contributed by atoms with Crippen molar-refractivity contribution >= 4 is 39.1 Å². The topological polar surface area (TPSA) is 86.8 Å². The summed E-state index contributed by atoms with van der Waals surface area (Å²) in [6.45, 7) is 0.438. The van der Waals surface area contributed by atoms with Gasteiger partial charge in [-0.15, -0.1) is 0 Å². The number of likely N-dealkylation sites (N-methyl/N-ethyl adjacent to an activating group) is 1. The number of carbonyl (C=O) groups excluding carboxylic acids is 2. The molecule has 0 saturated carbocycles. The van der Waals surface area contributed by atoms with Gasteiger partial charge in [0.2, 0.25) is 21.8 Å². The number of hydrogen-bond acceptors (Lipinski definition) is 4. The zero-order chi connectivity index (χ0) is 21.7. The Labute approximate surface area is 181 Å². The molecular formula is C21H24ClN3O4S. The Morgan fingerprint density at radius 1 is 1.07 bits per heavy atom. The summed E-state index contributed by atoms with van der Waals surface area (Å²) in [5.41, 5.74) is 0.490. The highest BCUT2D eigenvalue weighted by Gasteiger charge is 2.33. The minimum Gasteiger partial charge on any atom is -0.336 e. The average Bonchev–Trinajstić information content (AvgIpc) is 2.75. The molecule has 1 fully saturated rings. The molecule has 30 heavy (non-hydrogen) atoms. The van der Waals surface area contributed by atoms with Crippen LogP contribution in [0.5, 0.6) is 0 Å². The van der Waals surface area contributed by atoms with E-state index in [0.29, 0.717) is 23.6 Å². The third kappa shape index (κ3) is 5.19. The van der Waals surface area contributed by atoms with Gasteiger partial charge in [-0.1, -0.05) is 41.9 Å². The molecule has 7 nitrogen and oxygen atoms in total. The third-order valence-electron chi connectivity index (χ3n) is 5.09. The Hall–Kier alpha value is -2.42. The van der Waals surface area contributed by atoms with Crippen molar-refractivity contribution in [2.75, 3.05) is 32.0 Å². The summed E-state index contributed by atoms with van der Waals surface area (Å²) in [4.78, 5) is 26.6. The van der Waals surface area contributed by atoms with E-state index in [2.05, 4.69) is 5.32 Å². The molecule has 2 amide bonds. The predicted octanol–water partition coefficient (Wildman–Crippen LogP) is 2.84. The van der Waals surface area contributed by atoms with Crippen molar-refractivity contribution in [1.29, 1.82) is 0 Å². The summed E-state index contributed by atoms with van der Waals surface area (Å²) in [7, 11) is -1.99. The van der Waals surface area contributed by atoms with Crippen LogP contribution in [-0.2, 0) is 19.6 Å². The number of rotatable bonds is 6. The highest BCUT2D eigenvalue weighted by molar-refractivity contribution is 7.89.